The van der Waals surface area contributed by atoms with Crippen molar-refractivity contribution in [2.45, 2.75) is 31.3 Å². The van der Waals surface area contributed by atoms with Crippen LogP contribution in [0, 0.1) is 6.92 Å². The molecule has 0 saturated carbocycles. The van der Waals surface area contributed by atoms with E-state index >= 15 is 0 Å². The summed E-state index contributed by atoms with van der Waals surface area (Å²) in [6.07, 6.45) is -0.468. The molecule has 1 saturated heterocycles. The summed E-state index contributed by atoms with van der Waals surface area (Å²) in [6, 6.07) is 10.4. The van der Waals surface area contributed by atoms with Gasteiger partial charge >= 0.3 is 0 Å². The Balaban J connectivity index is 1.44. The van der Waals surface area contributed by atoms with E-state index in [1.165, 1.54) is 10.4 Å². The molecule has 2 amide bonds. The molecule has 2 aromatic rings. The van der Waals surface area contributed by atoms with E-state index < -0.39 is 16.1 Å². The summed E-state index contributed by atoms with van der Waals surface area (Å²) in [4.78, 5) is 26.4. The minimum absolute atomic E-state index is 0.0524. The van der Waals surface area contributed by atoms with Crippen LogP contribution in [0.15, 0.2) is 41.3 Å². The van der Waals surface area contributed by atoms with Crippen LogP contribution in [0.2, 0.25) is 0 Å². The number of ether oxygens (including phenoxy) is 2. The molecule has 0 spiro atoms. The van der Waals surface area contributed by atoms with Gasteiger partial charge in [0.05, 0.1) is 24.1 Å². The number of anilines is 1. The number of hydrogen-bond donors (Lipinski definition) is 1. The number of piperazine rings is 1. The molecule has 2 heterocycles. The number of carbonyl (C=O) groups is 2. The number of fused-ring (bicyclic) bond motifs is 1. The maximum Gasteiger partial charge on any atom is 0.265 e. The minimum Gasteiger partial charge on any atom is -0.497 e. The summed E-state index contributed by atoms with van der Waals surface area (Å²) in [6.45, 7) is 4.33. The van der Waals surface area contributed by atoms with Gasteiger partial charge in [0.15, 0.2) is 6.10 Å². The molecule has 0 aliphatic carbocycles. The van der Waals surface area contributed by atoms with Crippen molar-refractivity contribution in [3.63, 3.8) is 0 Å². The molecule has 0 aromatic heterocycles. The van der Waals surface area contributed by atoms with E-state index in [1.54, 1.807) is 31.9 Å². The van der Waals surface area contributed by atoms with E-state index in [1.807, 2.05) is 24.3 Å². The van der Waals surface area contributed by atoms with Gasteiger partial charge in [0.1, 0.15) is 11.5 Å². The van der Waals surface area contributed by atoms with Gasteiger partial charge in [0, 0.05) is 32.2 Å². The van der Waals surface area contributed by atoms with Gasteiger partial charge in [-0.25, -0.2) is 8.42 Å². The number of aryl methyl sites for hydroxylation is 1. The smallest absolute Gasteiger partial charge is 0.265 e. The number of benzene rings is 2. The zero-order chi connectivity index (χ0) is 23.8. The van der Waals surface area contributed by atoms with E-state index in [4.69, 9.17) is 9.47 Å². The molecule has 1 N–H and O–H groups in total. The molecular formula is C23H27N3O6S. The second-order valence-corrected chi connectivity index (χ2v) is 10.1. The van der Waals surface area contributed by atoms with Crippen LogP contribution in [0.5, 0.6) is 11.5 Å². The van der Waals surface area contributed by atoms with Gasteiger partial charge < -0.3 is 19.7 Å². The molecule has 2 aliphatic heterocycles. The van der Waals surface area contributed by atoms with Crippen molar-refractivity contribution in [2.24, 2.45) is 0 Å². The fraction of sp³-hybridized carbons (Fsp3) is 0.391. The van der Waals surface area contributed by atoms with Crippen molar-refractivity contribution < 1.29 is 27.5 Å². The molecule has 0 bridgehead atoms. The van der Waals surface area contributed by atoms with Crippen molar-refractivity contribution in [2.75, 3.05) is 38.6 Å². The lowest BCUT2D eigenvalue weighted by Gasteiger charge is -2.34. The Morgan fingerprint density at radius 3 is 2.61 bits per heavy atom. The van der Waals surface area contributed by atoms with Crippen LogP contribution in [0.25, 0.3) is 0 Å². The Morgan fingerprint density at radius 1 is 1.18 bits per heavy atom. The standard InChI is InChI=1S/C23H27N3O6S/c1-15-11-19-20(32-16(2)23(28)24-19)14-21(15)33(29,30)26-9-7-25(8-10-26)22(27)13-17-5-4-6-18(12-17)31-3/h4-6,11-12,14,16H,7-10,13H2,1-3H3,(H,24,28)/t16-/m1/s1. The normalized spacial score (nSPS) is 18.8. The molecule has 9 nitrogen and oxygen atoms in total. The quantitative estimate of drug-likeness (QED) is 0.710. The second-order valence-electron chi connectivity index (χ2n) is 8.18. The molecule has 176 valence electrons. The zero-order valence-corrected chi connectivity index (χ0v) is 19.6. The molecule has 2 aliphatic rings. The van der Waals surface area contributed by atoms with E-state index in [0.29, 0.717) is 35.8 Å². The molecule has 4 rings (SSSR count). The second kappa shape index (κ2) is 9.03. The summed E-state index contributed by atoms with van der Waals surface area (Å²) in [5, 5.41) is 2.73. The Labute approximate surface area is 193 Å². The zero-order valence-electron chi connectivity index (χ0n) is 18.8. The first-order valence-corrected chi connectivity index (χ1v) is 12.2. The largest absolute Gasteiger partial charge is 0.497 e. The Kier molecular flexibility index (Phi) is 6.31. The highest BCUT2D eigenvalue weighted by atomic mass is 32.2. The predicted octanol–water partition coefficient (Wildman–Crippen LogP) is 1.80. The maximum atomic E-state index is 13.3. The first kappa shape index (κ1) is 23.1. The van der Waals surface area contributed by atoms with Crippen LogP contribution in [-0.4, -0.2) is 68.8 Å². The number of nitrogens with one attached hydrogen (secondary N) is 1. The average Bonchev–Trinajstić information content (AvgIpc) is 2.80. The van der Waals surface area contributed by atoms with Crippen LogP contribution >= 0.6 is 0 Å². The maximum absolute atomic E-state index is 13.3. The number of hydrogen-bond acceptors (Lipinski definition) is 6. The summed E-state index contributed by atoms with van der Waals surface area (Å²) in [7, 11) is -2.21. The molecule has 1 atom stereocenters. The summed E-state index contributed by atoms with van der Waals surface area (Å²) >= 11 is 0. The summed E-state index contributed by atoms with van der Waals surface area (Å²) in [5.74, 6) is 0.698. The van der Waals surface area contributed by atoms with Crippen molar-refractivity contribution >= 4 is 27.5 Å². The van der Waals surface area contributed by atoms with Crippen LogP contribution in [0.3, 0.4) is 0 Å². The highest BCUT2D eigenvalue weighted by Crippen LogP contribution is 2.35. The molecule has 0 radical (unpaired) electrons. The predicted molar refractivity (Wildman–Crippen MR) is 122 cm³/mol. The van der Waals surface area contributed by atoms with Gasteiger partial charge in [-0.1, -0.05) is 12.1 Å². The molecular weight excluding hydrogens is 446 g/mol. The van der Waals surface area contributed by atoms with Crippen molar-refractivity contribution in [3.05, 3.63) is 47.5 Å². The average molecular weight is 474 g/mol. The van der Waals surface area contributed by atoms with Gasteiger partial charge in [0.25, 0.3) is 5.91 Å². The Bertz CT molecular complexity index is 1190. The SMILES string of the molecule is COc1cccc(CC(=O)N2CCN(S(=O)(=O)c3cc4c(cc3C)NC(=O)[C@@H](C)O4)CC2)c1. The van der Waals surface area contributed by atoms with Gasteiger partial charge in [0.2, 0.25) is 15.9 Å². The molecule has 10 heteroatoms. The lowest BCUT2D eigenvalue weighted by Crippen LogP contribution is -2.51. The van der Waals surface area contributed by atoms with Crippen molar-refractivity contribution in [3.8, 4) is 11.5 Å². The van der Waals surface area contributed by atoms with E-state index in [9.17, 15) is 18.0 Å². The number of nitrogens with zero attached hydrogens (tertiary/aromatic N) is 2. The Morgan fingerprint density at radius 2 is 1.91 bits per heavy atom. The van der Waals surface area contributed by atoms with E-state index in [-0.39, 0.29) is 36.2 Å². The summed E-state index contributed by atoms with van der Waals surface area (Å²) in [5.41, 5.74) is 1.83. The van der Waals surface area contributed by atoms with E-state index in [0.717, 1.165) is 5.56 Å². The van der Waals surface area contributed by atoms with Crippen LogP contribution in [0.4, 0.5) is 5.69 Å². The Hall–Kier alpha value is -3.11. The third-order valence-corrected chi connectivity index (χ3v) is 7.95. The van der Waals surface area contributed by atoms with Crippen molar-refractivity contribution in [1.82, 2.24) is 9.21 Å². The lowest BCUT2D eigenvalue weighted by atomic mass is 10.1. The van der Waals surface area contributed by atoms with Crippen LogP contribution in [0.1, 0.15) is 18.1 Å². The number of carbonyl (C=O) groups excluding carboxylic acids is 2. The van der Waals surface area contributed by atoms with E-state index in [2.05, 4.69) is 5.32 Å². The van der Waals surface area contributed by atoms with Gasteiger partial charge in [-0.05, 0) is 43.2 Å². The molecule has 33 heavy (non-hydrogen) atoms. The van der Waals surface area contributed by atoms with Crippen molar-refractivity contribution in [1.29, 1.82) is 0 Å². The fourth-order valence-electron chi connectivity index (χ4n) is 4.01. The van der Waals surface area contributed by atoms with Gasteiger partial charge in [-0.3, -0.25) is 9.59 Å². The van der Waals surface area contributed by atoms with Gasteiger partial charge in [-0.15, -0.1) is 0 Å². The monoisotopic (exact) mass is 473 g/mol. The molecule has 1 fully saturated rings. The topological polar surface area (TPSA) is 105 Å². The lowest BCUT2D eigenvalue weighted by molar-refractivity contribution is -0.131. The van der Waals surface area contributed by atoms with Gasteiger partial charge in [-0.2, -0.15) is 4.31 Å². The minimum atomic E-state index is -3.79. The highest BCUT2D eigenvalue weighted by molar-refractivity contribution is 7.89. The molecule has 2 aromatic carbocycles. The summed E-state index contributed by atoms with van der Waals surface area (Å²) < 4.78 is 38.9. The third kappa shape index (κ3) is 4.67. The third-order valence-electron chi connectivity index (χ3n) is 5.91. The number of amides is 2. The number of rotatable bonds is 5. The van der Waals surface area contributed by atoms with Crippen LogP contribution < -0.4 is 14.8 Å². The fourth-order valence-corrected chi connectivity index (χ4v) is 5.65. The first-order valence-electron chi connectivity index (χ1n) is 10.7. The first-order chi connectivity index (χ1) is 15.7. The number of sulfonamides is 1. The highest BCUT2D eigenvalue weighted by Gasteiger charge is 2.33. The van der Waals surface area contributed by atoms with Crippen LogP contribution in [-0.2, 0) is 26.0 Å². The molecule has 0 unspecified atom stereocenters. The number of methoxy groups -OCH3 is 1.